The Hall–Kier alpha value is -0.230. The molecule has 0 spiro atoms. The fourth-order valence-electron chi connectivity index (χ4n) is 2.89. The fourth-order valence-corrected chi connectivity index (χ4v) is 3.40. The molecule has 0 aliphatic heterocycles. The van der Waals surface area contributed by atoms with Crippen molar-refractivity contribution in [3.63, 3.8) is 0 Å². The number of rotatable bonds is 16. The number of hydrogen-bond acceptors (Lipinski definition) is 8. The Balaban J connectivity index is 0.00000841. The molecule has 1 aromatic rings. The molecular formula is C20H34NNaO7S. The van der Waals surface area contributed by atoms with E-state index >= 15 is 0 Å². The minimum absolute atomic E-state index is 0. The third-order valence-corrected chi connectivity index (χ3v) is 5.35. The minimum Gasteiger partial charge on any atom is -0.744 e. The minimum atomic E-state index is -4.64. The Labute approximate surface area is 202 Å². The molecule has 0 aliphatic carbocycles. The third kappa shape index (κ3) is 10.4. The molecule has 0 aliphatic rings. The van der Waals surface area contributed by atoms with Gasteiger partial charge in [0, 0.05) is 18.9 Å². The van der Waals surface area contributed by atoms with E-state index < -0.39 is 22.2 Å². The second-order valence-electron chi connectivity index (χ2n) is 6.89. The van der Waals surface area contributed by atoms with Gasteiger partial charge in [0.15, 0.2) is 0 Å². The molecule has 2 unspecified atom stereocenters. The maximum Gasteiger partial charge on any atom is 1.00 e. The zero-order valence-corrected chi connectivity index (χ0v) is 21.1. The van der Waals surface area contributed by atoms with Crippen molar-refractivity contribution in [3.05, 3.63) is 24.3 Å². The molecule has 168 valence electrons. The smallest absolute Gasteiger partial charge is 0.744 e. The number of aliphatic hydroxyl groups excluding tert-OH is 2. The van der Waals surface area contributed by atoms with E-state index in [1.165, 1.54) is 18.2 Å². The fraction of sp³-hybridized carbons (Fsp3) is 0.700. The molecule has 2 atom stereocenters. The van der Waals surface area contributed by atoms with E-state index in [4.69, 9.17) is 9.47 Å². The van der Waals surface area contributed by atoms with Crippen LogP contribution in [0, 0.1) is 0 Å². The molecule has 8 nitrogen and oxygen atoms in total. The number of aliphatic hydroxyl groups is 2. The SMILES string of the molecule is CCCCOCC(CO)N(c1cccc(S(=O)(=O)[O-])c1)C(CO)COCCCC.[Na+]. The van der Waals surface area contributed by atoms with Gasteiger partial charge in [-0.2, -0.15) is 0 Å². The van der Waals surface area contributed by atoms with Gasteiger partial charge in [-0.05, 0) is 31.0 Å². The Bertz CT molecular complexity index is 655. The summed E-state index contributed by atoms with van der Waals surface area (Å²) in [5.74, 6) is 0. The second-order valence-corrected chi connectivity index (χ2v) is 8.27. The van der Waals surface area contributed by atoms with Crippen molar-refractivity contribution in [2.75, 3.05) is 44.5 Å². The molecule has 0 radical (unpaired) electrons. The van der Waals surface area contributed by atoms with Crippen LogP contribution in [0.4, 0.5) is 5.69 Å². The Morgan fingerprint density at radius 1 is 1.00 bits per heavy atom. The van der Waals surface area contributed by atoms with Crippen LogP contribution in [-0.2, 0) is 19.6 Å². The Morgan fingerprint density at radius 3 is 1.90 bits per heavy atom. The molecule has 1 rings (SSSR count). The van der Waals surface area contributed by atoms with Gasteiger partial charge in [-0.25, -0.2) is 8.42 Å². The maximum absolute atomic E-state index is 11.5. The molecule has 0 fully saturated rings. The van der Waals surface area contributed by atoms with E-state index in [9.17, 15) is 23.2 Å². The van der Waals surface area contributed by atoms with Gasteiger partial charge in [-0.15, -0.1) is 0 Å². The van der Waals surface area contributed by atoms with Gasteiger partial charge in [0.1, 0.15) is 10.1 Å². The molecule has 0 amide bonds. The maximum atomic E-state index is 11.5. The summed E-state index contributed by atoms with van der Waals surface area (Å²) in [5.41, 5.74) is 0.401. The first kappa shape index (κ1) is 29.8. The summed E-state index contributed by atoms with van der Waals surface area (Å²) in [5, 5.41) is 19.9. The van der Waals surface area contributed by atoms with E-state index in [1.807, 2.05) is 13.8 Å². The average Bonchev–Trinajstić information content (AvgIpc) is 2.71. The van der Waals surface area contributed by atoms with E-state index in [2.05, 4.69) is 0 Å². The molecule has 10 heteroatoms. The van der Waals surface area contributed by atoms with Gasteiger partial charge in [0.05, 0.1) is 43.4 Å². The van der Waals surface area contributed by atoms with Crippen LogP contribution in [0.5, 0.6) is 0 Å². The van der Waals surface area contributed by atoms with Crippen LogP contribution in [0.15, 0.2) is 29.2 Å². The van der Waals surface area contributed by atoms with Gasteiger partial charge in [0.25, 0.3) is 0 Å². The van der Waals surface area contributed by atoms with Crippen molar-refractivity contribution < 1.29 is 62.2 Å². The summed E-state index contributed by atoms with van der Waals surface area (Å²) >= 11 is 0. The summed E-state index contributed by atoms with van der Waals surface area (Å²) < 4.78 is 45.7. The summed E-state index contributed by atoms with van der Waals surface area (Å²) in [4.78, 5) is 1.32. The van der Waals surface area contributed by atoms with E-state index in [0.717, 1.165) is 25.7 Å². The molecule has 2 N–H and O–H groups in total. The van der Waals surface area contributed by atoms with Crippen LogP contribution in [-0.4, -0.2) is 74.9 Å². The number of anilines is 1. The third-order valence-electron chi connectivity index (χ3n) is 4.52. The first-order valence-corrected chi connectivity index (χ1v) is 11.5. The van der Waals surface area contributed by atoms with Gasteiger partial charge >= 0.3 is 29.6 Å². The average molecular weight is 456 g/mol. The Morgan fingerprint density at radius 2 is 1.50 bits per heavy atom. The molecule has 0 aromatic heterocycles. The van der Waals surface area contributed by atoms with E-state index in [0.29, 0.717) is 18.9 Å². The van der Waals surface area contributed by atoms with Crippen molar-refractivity contribution in [2.45, 2.75) is 56.5 Å². The zero-order chi connectivity index (χ0) is 21.7. The van der Waals surface area contributed by atoms with Gasteiger partial charge in [-0.3, -0.25) is 0 Å². The van der Waals surface area contributed by atoms with Gasteiger partial charge < -0.3 is 29.1 Å². The number of ether oxygens (including phenoxy) is 2. The van der Waals surface area contributed by atoms with Crippen molar-refractivity contribution in [1.82, 2.24) is 0 Å². The number of benzene rings is 1. The first-order valence-electron chi connectivity index (χ1n) is 10.1. The van der Waals surface area contributed by atoms with Crippen molar-refractivity contribution in [1.29, 1.82) is 0 Å². The van der Waals surface area contributed by atoms with Crippen molar-refractivity contribution >= 4 is 15.8 Å². The molecule has 0 bridgehead atoms. The molecule has 0 saturated carbocycles. The zero-order valence-electron chi connectivity index (χ0n) is 18.3. The standard InChI is InChI=1S/C20H35NO7S.Na/c1-3-5-10-27-15-18(13-22)21(19(14-23)16-28-11-6-4-2)17-8-7-9-20(12-17)29(24,25)26;/h7-9,12,18-19,22-23H,3-6,10-11,13-16H2,1-2H3,(H,24,25,26);/q;+1/p-1. The van der Waals surface area contributed by atoms with Crippen LogP contribution < -0.4 is 34.5 Å². The largest absolute Gasteiger partial charge is 1.00 e. The topological polar surface area (TPSA) is 119 Å². The normalized spacial score (nSPS) is 13.5. The van der Waals surface area contributed by atoms with Crippen LogP contribution in [0.2, 0.25) is 0 Å². The van der Waals surface area contributed by atoms with Crippen LogP contribution in [0.25, 0.3) is 0 Å². The molecule has 0 saturated heterocycles. The second kappa shape index (κ2) is 16.4. The number of nitrogens with zero attached hydrogens (tertiary/aromatic N) is 1. The predicted molar refractivity (Wildman–Crippen MR) is 110 cm³/mol. The van der Waals surface area contributed by atoms with Crippen molar-refractivity contribution in [2.24, 2.45) is 0 Å². The summed E-state index contributed by atoms with van der Waals surface area (Å²) in [6.07, 6.45) is 3.71. The summed E-state index contributed by atoms with van der Waals surface area (Å²) in [6.45, 7) is 5.00. The molecule has 30 heavy (non-hydrogen) atoms. The predicted octanol–water partition coefficient (Wildman–Crippen LogP) is -1.24. The number of hydrogen-bond donors (Lipinski definition) is 2. The van der Waals surface area contributed by atoms with Crippen LogP contribution >= 0.6 is 0 Å². The quantitative estimate of drug-likeness (QED) is 0.180. The summed E-state index contributed by atoms with van der Waals surface area (Å²) in [7, 11) is -4.64. The Kier molecular flexibility index (Phi) is 16.3. The molecular weight excluding hydrogens is 421 g/mol. The van der Waals surface area contributed by atoms with Crippen molar-refractivity contribution in [3.8, 4) is 0 Å². The monoisotopic (exact) mass is 455 g/mol. The molecule has 1 aromatic carbocycles. The van der Waals surface area contributed by atoms with E-state index in [-0.39, 0.29) is 60.9 Å². The summed E-state index contributed by atoms with van der Waals surface area (Å²) in [6, 6.07) is 4.50. The van der Waals surface area contributed by atoms with Crippen LogP contribution in [0.1, 0.15) is 39.5 Å². The number of unbranched alkanes of at least 4 members (excludes halogenated alkanes) is 2. The van der Waals surface area contributed by atoms with E-state index in [1.54, 1.807) is 11.0 Å². The van der Waals surface area contributed by atoms with Crippen LogP contribution in [0.3, 0.4) is 0 Å². The van der Waals surface area contributed by atoms with Gasteiger partial charge in [-0.1, -0.05) is 32.8 Å². The first-order chi connectivity index (χ1) is 13.9. The molecule has 0 heterocycles. The van der Waals surface area contributed by atoms with Gasteiger partial charge in [0.2, 0.25) is 0 Å².